The zero-order valence-electron chi connectivity index (χ0n) is 25.6. The van der Waals surface area contributed by atoms with Gasteiger partial charge in [-0.2, -0.15) is 4.98 Å². The number of pyridine rings is 1. The van der Waals surface area contributed by atoms with E-state index in [0.717, 1.165) is 22.4 Å². The van der Waals surface area contributed by atoms with Crippen LogP contribution in [0.5, 0.6) is 0 Å². The largest absolute Gasteiger partial charge is 0.375 e. The van der Waals surface area contributed by atoms with Crippen molar-refractivity contribution in [2.24, 2.45) is 5.41 Å². The van der Waals surface area contributed by atoms with Crippen molar-refractivity contribution in [3.05, 3.63) is 83.0 Å². The molecular formula is C33H39N5O4. The third kappa shape index (κ3) is 7.67. The summed E-state index contributed by atoms with van der Waals surface area (Å²) in [4.78, 5) is 35.0. The molecule has 9 heteroatoms. The van der Waals surface area contributed by atoms with Crippen LogP contribution in [0.1, 0.15) is 79.4 Å². The Kier molecular flexibility index (Phi) is 8.92. The molecule has 0 saturated heterocycles. The van der Waals surface area contributed by atoms with Crippen LogP contribution in [0.15, 0.2) is 59.3 Å². The highest BCUT2D eigenvalue weighted by molar-refractivity contribution is 6.05. The Morgan fingerprint density at radius 1 is 0.905 bits per heavy atom. The molecule has 0 fully saturated rings. The predicted octanol–water partition coefficient (Wildman–Crippen LogP) is 6.58. The van der Waals surface area contributed by atoms with Crippen LogP contribution in [0.3, 0.4) is 0 Å². The van der Waals surface area contributed by atoms with Gasteiger partial charge in [-0.1, -0.05) is 58.8 Å². The molecule has 0 saturated carbocycles. The summed E-state index contributed by atoms with van der Waals surface area (Å²) in [5.41, 5.74) is 5.56. The lowest BCUT2D eigenvalue weighted by Gasteiger charge is -2.21. The zero-order valence-corrected chi connectivity index (χ0v) is 25.6. The molecular weight excluding hydrogens is 530 g/mol. The second kappa shape index (κ2) is 12.2. The summed E-state index contributed by atoms with van der Waals surface area (Å²) in [7, 11) is 1.56. The number of aryl methyl sites for hydroxylation is 1. The molecule has 2 N–H and O–H groups in total. The van der Waals surface area contributed by atoms with Gasteiger partial charge in [-0.15, -0.1) is 0 Å². The summed E-state index contributed by atoms with van der Waals surface area (Å²) in [6.07, 6.45) is 1.63. The van der Waals surface area contributed by atoms with Gasteiger partial charge in [0.25, 0.3) is 17.7 Å². The molecule has 220 valence electrons. The maximum Gasteiger partial charge on any atom is 0.255 e. The van der Waals surface area contributed by atoms with Crippen LogP contribution in [0.2, 0.25) is 0 Å². The molecule has 4 aromatic rings. The molecule has 42 heavy (non-hydrogen) atoms. The SMILES string of the molecule is COCc1nc(-c2cc(C(=O)Nc3cnc(C)c(-c4ccc(C(=O)NCC(C)(C)C)cc4)c3)cc(C(C)(C)C)c2)no1. The van der Waals surface area contributed by atoms with E-state index < -0.39 is 0 Å². The molecule has 0 aliphatic heterocycles. The number of anilines is 1. The molecule has 0 aliphatic rings. The van der Waals surface area contributed by atoms with Gasteiger partial charge in [-0.05, 0) is 65.3 Å². The average Bonchev–Trinajstić information content (AvgIpc) is 3.41. The van der Waals surface area contributed by atoms with E-state index in [4.69, 9.17) is 9.26 Å². The predicted molar refractivity (Wildman–Crippen MR) is 163 cm³/mol. The fourth-order valence-corrected chi connectivity index (χ4v) is 4.22. The van der Waals surface area contributed by atoms with Crippen LogP contribution < -0.4 is 10.6 Å². The Morgan fingerprint density at radius 2 is 1.62 bits per heavy atom. The number of benzene rings is 2. The minimum Gasteiger partial charge on any atom is -0.375 e. The van der Waals surface area contributed by atoms with Gasteiger partial charge in [0.2, 0.25) is 5.82 Å². The number of amides is 2. The topological polar surface area (TPSA) is 119 Å². The number of rotatable bonds is 8. The molecule has 2 aromatic carbocycles. The van der Waals surface area contributed by atoms with Gasteiger partial charge in [0.15, 0.2) is 0 Å². The summed E-state index contributed by atoms with van der Waals surface area (Å²) in [5, 5.41) is 10.0. The van der Waals surface area contributed by atoms with Crippen LogP contribution >= 0.6 is 0 Å². The molecule has 2 heterocycles. The van der Waals surface area contributed by atoms with Crippen molar-refractivity contribution in [2.45, 2.75) is 60.5 Å². The third-order valence-electron chi connectivity index (χ3n) is 6.64. The molecule has 0 radical (unpaired) electrons. The van der Waals surface area contributed by atoms with Crippen molar-refractivity contribution in [2.75, 3.05) is 19.0 Å². The fraction of sp³-hybridized carbons (Fsp3) is 0.364. The highest BCUT2D eigenvalue weighted by Gasteiger charge is 2.21. The number of ether oxygens (including phenoxy) is 1. The Labute approximate surface area is 247 Å². The first kappa shape index (κ1) is 30.6. The van der Waals surface area contributed by atoms with Crippen LogP contribution in [-0.4, -0.2) is 40.6 Å². The number of hydrogen-bond donors (Lipinski definition) is 2. The van der Waals surface area contributed by atoms with E-state index in [0.29, 0.717) is 40.6 Å². The second-order valence-electron chi connectivity index (χ2n) is 12.6. The molecule has 0 atom stereocenters. The van der Waals surface area contributed by atoms with Crippen LogP contribution in [-0.2, 0) is 16.8 Å². The molecule has 0 aliphatic carbocycles. The zero-order chi connectivity index (χ0) is 30.7. The Balaban J connectivity index is 1.58. The molecule has 2 amide bonds. The summed E-state index contributed by atoms with van der Waals surface area (Å²) in [6.45, 7) is 15.2. The lowest BCUT2D eigenvalue weighted by Crippen LogP contribution is -2.32. The summed E-state index contributed by atoms with van der Waals surface area (Å²) in [5.74, 6) is 0.346. The van der Waals surface area contributed by atoms with E-state index >= 15 is 0 Å². The first-order valence-electron chi connectivity index (χ1n) is 13.9. The Bertz CT molecular complexity index is 1580. The summed E-state index contributed by atoms with van der Waals surface area (Å²) in [6, 6.07) is 14.9. The van der Waals surface area contributed by atoms with Gasteiger partial charge < -0.3 is 19.9 Å². The minimum absolute atomic E-state index is 0.000488. The normalized spacial score (nSPS) is 11.8. The van der Waals surface area contributed by atoms with E-state index in [9.17, 15) is 9.59 Å². The Hall–Kier alpha value is -4.37. The molecule has 0 unspecified atom stereocenters. The molecule has 0 bridgehead atoms. The first-order valence-corrected chi connectivity index (χ1v) is 13.9. The monoisotopic (exact) mass is 569 g/mol. The van der Waals surface area contributed by atoms with E-state index in [1.807, 2.05) is 37.3 Å². The third-order valence-corrected chi connectivity index (χ3v) is 6.64. The van der Waals surface area contributed by atoms with Crippen molar-refractivity contribution in [1.82, 2.24) is 20.4 Å². The number of methoxy groups -OCH3 is 1. The first-order chi connectivity index (χ1) is 19.7. The van der Waals surface area contributed by atoms with Gasteiger partial charge in [-0.25, -0.2) is 0 Å². The lowest BCUT2D eigenvalue weighted by atomic mass is 9.85. The van der Waals surface area contributed by atoms with Crippen LogP contribution in [0, 0.1) is 12.3 Å². The van der Waals surface area contributed by atoms with Crippen molar-refractivity contribution >= 4 is 17.5 Å². The lowest BCUT2D eigenvalue weighted by molar-refractivity contribution is 0.0938. The van der Waals surface area contributed by atoms with Crippen molar-refractivity contribution in [3.63, 3.8) is 0 Å². The second-order valence-corrected chi connectivity index (χ2v) is 12.6. The highest BCUT2D eigenvalue weighted by Crippen LogP contribution is 2.30. The average molecular weight is 570 g/mol. The Morgan fingerprint density at radius 3 is 2.26 bits per heavy atom. The van der Waals surface area contributed by atoms with Gasteiger partial charge in [-0.3, -0.25) is 14.6 Å². The minimum atomic E-state index is -0.287. The number of nitrogens with zero attached hydrogens (tertiary/aromatic N) is 3. The number of carbonyl (C=O) groups excluding carboxylic acids is 2. The molecule has 4 rings (SSSR count). The standard InChI is InChI=1S/C33H39N5O4/c1-20-27(21-9-11-22(12-10-21)30(39)35-19-32(2,3)4)16-26(17-34-20)36-31(40)24-13-23(14-25(15-24)33(5,6)7)29-37-28(18-41-8)42-38-29/h9-17H,18-19H2,1-8H3,(H,35,39)(H,36,40). The quantitative estimate of drug-likeness (QED) is 0.246. The van der Waals surface area contributed by atoms with Crippen LogP contribution in [0.4, 0.5) is 5.69 Å². The molecule has 2 aromatic heterocycles. The van der Waals surface area contributed by atoms with E-state index in [1.165, 1.54) is 0 Å². The number of hydrogen-bond acceptors (Lipinski definition) is 7. The number of aromatic nitrogens is 3. The van der Waals surface area contributed by atoms with E-state index in [2.05, 4.69) is 67.3 Å². The smallest absolute Gasteiger partial charge is 0.255 e. The number of nitrogens with one attached hydrogen (secondary N) is 2. The van der Waals surface area contributed by atoms with Gasteiger partial charge >= 0.3 is 0 Å². The fourth-order valence-electron chi connectivity index (χ4n) is 4.22. The summed E-state index contributed by atoms with van der Waals surface area (Å²) >= 11 is 0. The maximum absolute atomic E-state index is 13.5. The van der Waals surface area contributed by atoms with Gasteiger partial charge in [0.05, 0.1) is 11.9 Å². The van der Waals surface area contributed by atoms with Gasteiger partial charge in [0.1, 0.15) is 6.61 Å². The summed E-state index contributed by atoms with van der Waals surface area (Å²) < 4.78 is 10.4. The van der Waals surface area contributed by atoms with E-state index in [1.54, 1.807) is 31.5 Å². The van der Waals surface area contributed by atoms with Gasteiger partial charge in [0, 0.05) is 41.6 Å². The van der Waals surface area contributed by atoms with Crippen molar-refractivity contribution in [1.29, 1.82) is 0 Å². The number of carbonyl (C=O) groups is 2. The van der Waals surface area contributed by atoms with Crippen LogP contribution in [0.25, 0.3) is 22.5 Å². The molecule has 0 spiro atoms. The maximum atomic E-state index is 13.5. The van der Waals surface area contributed by atoms with Crippen molar-refractivity contribution < 1.29 is 18.8 Å². The highest BCUT2D eigenvalue weighted by atomic mass is 16.5. The molecule has 9 nitrogen and oxygen atoms in total. The van der Waals surface area contributed by atoms with E-state index in [-0.39, 0.29) is 29.3 Å². The van der Waals surface area contributed by atoms with Crippen molar-refractivity contribution in [3.8, 4) is 22.5 Å².